The lowest BCUT2D eigenvalue weighted by molar-refractivity contribution is -0.140. The fourth-order valence-electron chi connectivity index (χ4n) is 3.20. The predicted molar refractivity (Wildman–Crippen MR) is 113 cm³/mol. The van der Waals surface area contributed by atoms with E-state index in [0.717, 1.165) is 16.7 Å². The number of carbonyl (C=O) groups excluding carboxylic acids is 3. The largest absolute Gasteiger partial charge is 0.462 e. The highest BCUT2D eigenvalue weighted by molar-refractivity contribution is 6.25. The minimum atomic E-state index is -0.606. The molecule has 8 heteroatoms. The summed E-state index contributed by atoms with van der Waals surface area (Å²) in [6.45, 7) is 3.10. The molecule has 2 amide bonds. The van der Waals surface area contributed by atoms with E-state index in [9.17, 15) is 19.5 Å². The van der Waals surface area contributed by atoms with Gasteiger partial charge >= 0.3 is 5.97 Å². The van der Waals surface area contributed by atoms with Crippen molar-refractivity contribution in [3.8, 4) is 11.3 Å². The molecule has 0 fully saturated rings. The number of carbonyl (C=O) groups is 3. The summed E-state index contributed by atoms with van der Waals surface area (Å²) in [6.07, 6.45) is 2.41. The Labute approximate surface area is 178 Å². The number of imide groups is 1. The zero-order valence-electron chi connectivity index (χ0n) is 17.2. The first-order valence-corrected chi connectivity index (χ1v) is 9.69. The van der Waals surface area contributed by atoms with Crippen molar-refractivity contribution >= 4 is 30.1 Å². The molecule has 1 aromatic carbocycles. The summed E-state index contributed by atoms with van der Waals surface area (Å²) < 4.78 is 10.8. The number of amides is 2. The van der Waals surface area contributed by atoms with E-state index in [1.54, 1.807) is 50.2 Å². The van der Waals surface area contributed by atoms with Crippen LogP contribution < -0.4 is 0 Å². The van der Waals surface area contributed by atoms with Crippen LogP contribution in [0.4, 0.5) is 0 Å². The zero-order chi connectivity index (χ0) is 22.5. The number of aliphatic hydroxyl groups excluding tert-OH is 1. The van der Waals surface area contributed by atoms with Crippen LogP contribution in [0.15, 0.2) is 57.5 Å². The Morgan fingerprint density at radius 2 is 1.87 bits per heavy atom. The van der Waals surface area contributed by atoms with Gasteiger partial charge in [0.05, 0.1) is 30.9 Å². The molecule has 31 heavy (non-hydrogen) atoms. The first-order chi connectivity index (χ1) is 14.9. The molecular formula is C23H22N2O6. The van der Waals surface area contributed by atoms with E-state index in [4.69, 9.17) is 14.6 Å². The van der Waals surface area contributed by atoms with E-state index in [-0.39, 0.29) is 24.3 Å². The lowest BCUT2D eigenvalue weighted by Gasteiger charge is -2.27. The molecule has 2 heterocycles. The second kappa shape index (κ2) is 9.36. The quantitative estimate of drug-likeness (QED) is 0.306. The van der Waals surface area contributed by atoms with Crippen LogP contribution in [0.25, 0.3) is 17.4 Å². The van der Waals surface area contributed by atoms with Gasteiger partial charge < -0.3 is 19.7 Å². The van der Waals surface area contributed by atoms with E-state index in [1.807, 2.05) is 0 Å². The number of hydrogen-bond acceptors (Lipinski definition) is 7. The third kappa shape index (κ3) is 4.39. The summed E-state index contributed by atoms with van der Waals surface area (Å²) in [5, 5.41) is 16.7. The van der Waals surface area contributed by atoms with Crippen LogP contribution >= 0.6 is 0 Å². The van der Waals surface area contributed by atoms with Gasteiger partial charge in [-0.15, -0.1) is 0 Å². The Hall–Kier alpha value is -3.78. The van der Waals surface area contributed by atoms with Crippen molar-refractivity contribution in [2.75, 3.05) is 19.8 Å². The van der Waals surface area contributed by atoms with Crippen LogP contribution in [0.2, 0.25) is 0 Å². The normalized spacial score (nSPS) is 15.6. The Kier molecular flexibility index (Phi) is 6.61. The number of nitrogens with one attached hydrogen (secondary N) is 1. The molecule has 0 saturated carbocycles. The lowest BCUT2D eigenvalue weighted by atomic mass is 9.94. The number of β-amino-alcohol motifs (C(OH)–C–C–N with tert-alkyl or cyclic N) is 1. The van der Waals surface area contributed by atoms with Crippen LogP contribution in [-0.2, 0) is 14.3 Å². The van der Waals surface area contributed by atoms with Crippen LogP contribution in [0.5, 0.6) is 0 Å². The average Bonchev–Trinajstić information content (AvgIpc) is 3.23. The summed E-state index contributed by atoms with van der Waals surface area (Å²) in [5.74, 6) is -0.650. The SMILES string of the molecule is CCOC(=O)c1ccc(-c2ccc(/C=C3\C(=O)N(CCO)C(=O)C(C=N)=C3C)o2)cc1. The maximum absolute atomic E-state index is 12.8. The summed E-state index contributed by atoms with van der Waals surface area (Å²) in [6, 6.07) is 10.1. The second-order valence-corrected chi connectivity index (χ2v) is 6.73. The third-order valence-corrected chi connectivity index (χ3v) is 4.82. The topological polar surface area (TPSA) is 121 Å². The highest BCUT2D eigenvalue weighted by Crippen LogP contribution is 2.29. The molecule has 8 nitrogen and oxygen atoms in total. The molecule has 1 aliphatic rings. The fourth-order valence-corrected chi connectivity index (χ4v) is 3.20. The first kappa shape index (κ1) is 21.9. The first-order valence-electron chi connectivity index (χ1n) is 9.69. The molecule has 0 aliphatic carbocycles. The average molecular weight is 422 g/mol. The molecule has 2 N–H and O–H groups in total. The number of benzene rings is 1. The molecule has 2 aromatic rings. The monoisotopic (exact) mass is 422 g/mol. The van der Waals surface area contributed by atoms with Crippen molar-refractivity contribution in [2.45, 2.75) is 13.8 Å². The van der Waals surface area contributed by atoms with Crippen molar-refractivity contribution in [3.63, 3.8) is 0 Å². The second-order valence-electron chi connectivity index (χ2n) is 6.73. The van der Waals surface area contributed by atoms with E-state index >= 15 is 0 Å². The number of furan rings is 1. The number of esters is 1. The van der Waals surface area contributed by atoms with Gasteiger partial charge in [-0.05, 0) is 49.8 Å². The molecule has 0 atom stereocenters. The van der Waals surface area contributed by atoms with Gasteiger partial charge in [0.15, 0.2) is 0 Å². The van der Waals surface area contributed by atoms with Gasteiger partial charge in [0.2, 0.25) is 0 Å². The number of rotatable bonds is 7. The molecule has 1 aliphatic heterocycles. The molecule has 0 spiro atoms. The van der Waals surface area contributed by atoms with Gasteiger partial charge in [-0.25, -0.2) is 4.79 Å². The maximum atomic E-state index is 12.8. The standard InChI is InChI=1S/C23H22N2O6/c1-3-30-23(29)16-6-4-15(5-7-16)20-9-8-17(31-20)12-18-14(2)19(13-24)22(28)25(10-11-26)21(18)27/h4-9,12-13,24,26H,3,10-11H2,1-2H3/b18-12-,24-13?. The van der Waals surface area contributed by atoms with Crippen molar-refractivity contribution in [3.05, 3.63) is 64.4 Å². The summed E-state index contributed by atoms with van der Waals surface area (Å²) in [7, 11) is 0. The van der Waals surface area contributed by atoms with Crippen LogP contribution in [0.1, 0.15) is 30.0 Å². The summed E-state index contributed by atoms with van der Waals surface area (Å²) in [4.78, 5) is 37.8. The zero-order valence-corrected chi connectivity index (χ0v) is 17.2. The molecular weight excluding hydrogens is 400 g/mol. The van der Waals surface area contributed by atoms with Crippen LogP contribution in [-0.4, -0.2) is 53.8 Å². The molecule has 3 rings (SSSR count). The van der Waals surface area contributed by atoms with Crippen molar-refractivity contribution in [1.29, 1.82) is 5.41 Å². The minimum Gasteiger partial charge on any atom is -0.462 e. The molecule has 1 aromatic heterocycles. The van der Waals surface area contributed by atoms with Gasteiger partial charge in [0.1, 0.15) is 11.5 Å². The van der Waals surface area contributed by atoms with Gasteiger partial charge in [0, 0.05) is 17.4 Å². The Balaban J connectivity index is 1.92. The Morgan fingerprint density at radius 1 is 1.16 bits per heavy atom. The van der Waals surface area contributed by atoms with E-state index in [1.165, 1.54) is 6.08 Å². The van der Waals surface area contributed by atoms with Gasteiger partial charge in [-0.3, -0.25) is 14.5 Å². The predicted octanol–water partition coefficient (Wildman–Crippen LogP) is 2.83. The molecule has 0 radical (unpaired) electrons. The highest BCUT2D eigenvalue weighted by atomic mass is 16.5. The number of nitrogens with zero attached hydrogens (tertiary/aromatic N) is 1. The van der Waals surface area contributed by atoms with E-state index < -0.39 is 17.8 Å². The Bertz CT molecular complexity index is 1090. The lowest BCUT2D eigenvalue weighted by Crippen LogP contribution is -2.44. The molecule has 0 unspecified atom stereocenters. The maximum Gasteiger partial charge on any atom is 0.338 e. The van der Waals surface area contributed by atoms with Gasteiger partial charge in [0.25, 0.3) is 11.8 Å². The van der Waals surface area contributed by atoms with Crippen molar-refractivity contribution in [2.24, 2.45) is 0 Å². The van der Waals surface area contributed by atoms with Crippen molar-refractivity contribution < 1.29 is 28.6 Å². The number of hydrogen-bond donors (Lipinski definition) is 2. The van der Waals surface area contributed by atoms with Crippen LogP contribution in [0, 0.1) is 5.41 Å². The molecule has 0 bridgehead atoms. The fraction of sp³-hybridized carbons (Fsp3) is 0.217. The third-order valence-electron chi connectivity index (χ3n) is 4.82. The number of aliphatic hydroxyl groups is 1. The minimum absolute atomic E-state index is 0.0839. The van der Waals surface area contributed by atoms with E-state index in [0.29, 0.717) is 29.3 Å². The van der Waals surface area contributed by atoms with Gasteiger partial charge in [-0.1, -0.05) is 12.1 Å². The molecule has 0 saturated heterocycles. The molecule has 160 valence electrons. The number of ether oxygens (including phenoxy) is 1. The van der Waals surface area contributed by atoms with Gasteiger partial charge in [-0.2, -0.15) is 0 Å². The summed E-state index contributed by atoms with van der Waals surface area (Å²) >= 11 is 0. The van der Waals surface area contributed by atoms with Crippen LogP contribution in [0.3, 0.4) is 0 Å². The summed E-state index contributed by atoms with van der Waals surface area (Å²) in [5.41, 5.74) is 1.83. The van der Waals surface area contributed by atoms with Crippen molar-refractivity contribution in [1.82, 2.24) is 4.90 Å². The highest BCUT2D eigenvalue weighted by Gasteiger charge is 2.34. The Morgan fingerprint density at radius 3 is 2.48 bits per heavy atom. The smallest absolute Gasteiger partial charge is 0.338 e. The van der Waals surface area contributed by atoms with E-state index in [2.05, 4.69) is 0 Å².